The second kappa shape index (κ2) is 9.12. The summed E-state index contributed by atoms with van der Waals surface area (Å²) in [5.74, 6) is 0. The van der Waals surface area contributed by atoms with Crippen molar-refractivity contribution in [2.24, 2.45) is 0 Å². The van der Waals surface area contributed by atoms with Gasteiger partial charge in [0.2, 0.25) is 0 Å². The Balaban J connectivity index is 0. The van der Waals surface area contributed by atoms with Gasteiger partial charge in [-0.25, -0.2) is 0 Å². The predicted octanol–water partition coefficient (Wildman–Crippen LogP) is 0.389. The minimum Gasteiger partial charge on any atom is -0.396 e. The summed E-state index contributed by atoms with van der Waals surface area (Å²) in [6.45, 7) is 2.25. The number of aliphatic hydroxyl groups is 1. The molecule has 0 rings (SSSR count). The molecule has 0 aliphatic heterocycles. The maximum atomic E-state index is 7.88. The zero-order chi connectivity index (χ0) is 3.41. The van der Waals surface area contributed by atoms with Gasteiger partial charge in [-0.2, -0.15) is 0 Å². The molecular formula is C3H8HeO. The van der Waals surface area contributed by atoms with Gasteiger partial charge in [-0.15, -0.1) is 0 Å². The van der Waals surface area contributed by atoms with Crippen LogP contribution >= 0.6 is 0 Å². The normalized spacial score (nSPS) is 6.00. The Kier molecular flexibility index (Phi) is 16.1. The third-order valence-electron chi connectivity index (χ3n) is 0.224. The van der Waals surface area contributed by atoms with Crippen LogP contribution in [0.1, 0.15) is 13.3 Å². The van der Waals surface area contributed by atoms with Crippen molar-refractivity contribution in [2.75, 3.05) is 6.61 Å². The molecule has 0 spiro atoms. The van der Waals surface area contributed by atoms with E-state index in [2.05, 4.69) is 0 Å². The van der Waals surface area contributed by atoms with E-state index in [1.807, 2.05) is 6.92 Å². The van der Waals surface area contributed by atoms with E-state index in [0.717, 1.165) is 6.42 Å². The van der Waals surface area contributed by atoms with Gasteiger partial charge in [0, 0.05) is 12.8 Å². The summed E-state index contributed by atoms with van der Waals surface area (Å²) >= 11 is 0. The Hall–Kier alpha value is -0.131. The van der Waals surface area contributed by atoms with Gasteiger partial charge in [-0.1, -0.05) is 6.92 Å². The molecule has 1 N–H and O–H groups in total. The molecule has 2 heteroatoms. The van der Waals surface area contributed by atoms with Crippen LogP contribution in [-0.4, -0.2) is 11.7 Å². The molecule has 0 aliphatic carbocycles. The van der Waals surface area contributed by atoms with E-state index in [9.17, 15) is 0 Å². The maximum Gasteiger partial charge on any atom is 0.0428 e. The summed E-state index contributed by atoms with van der Waals surface area (Å²) in [5, 5.41) is 7.88. The van der Waals surface area contributed by atoms with E-state index >= 15 is 0 Å². The Morgan fingerprint density at radius 3 is 1.80 bits per heavy atom. The quantitative estimate of drug-likeness (QED) is 0.467. The third kappa shape index (κ3) is 17.9. The molecule has 0 bridgehead atoms. The van der Waals surface area contributed by atoms with Crippen LogP contribution in [-0.2, 0) is 0 Å². The first-order chi connectivity index (χ1) is 1.91. The van der Waals surface area contributed by atoms with Crippen molar-refractivity contribution >= 4 is 0 Å². The SMILES string of the molecule is CCCO.[He]. The van der Waals surface area contributed by atoms with Crippen LogP contribution < -0.4 is 0 Å². The van der Waals surface area contributed by atoms with E-state index in [-0.39, 0.29) is 6.15 Å². The van der Waals surface area contributed by atoms with Crippen molar-refractivity contribution in [3.63, 3.8) is 0 Å². The molecular weight excluding hydrogens is 56.0 g/mol. The minimum atomic E-state index is 0. The number of hydrogen-bond acceptors (Lipinski definition) is 1. The summed E-state index contributed by atoms with van der Waals surface area (Å²) in [6.07, 6.45) is 0.875. The standard InChI is InChI=1S/C3H8O.He/c1-2-3-4;/h4H,2-3H2,1H3;. The molecule has 0 amide bonds. The smallest absolute Gasteiger partial charge is 0.0428 e. The molecule has 0 aromatic carbocycles. The fourth-order valence-corrected chi connectivity index (χ4v) is 0. The summed E-state index contributed by atoms with van der Waals surface area (Å²) in [7, 11) is 0. The van der Waals surface area contributed by atoms with Gasteiger partial charge in [-0.05, 0) is 6.42 Å². The van der Waals surface area contributed by atoms with Crippen molar-refractivity contribution in [1.82, 2.24) is 0 Å². The van der Waals surface area contributed by atoms with Crippen LogP contribution in [0.5, 0.6) is 0 Å². The van der Waals surface area contributed by atoms with Gasteiger partial charge in [0.25, 0.3) is 0 Å². The largest absolute Gasteiger partial charge is 0.396 e. The Morgan fingerprint density at radius 2 is 1.80 bits per heavy atom. The van der Waals surface area contributed by atoms with Crippen molar-refractivity contribution < 1.29 is 11.3 Å². The first-order valence-electron chi connectivity index (χ1n) is 1.52. The second-order valence-corrected chi connectivity index (χ2v) is 0.724. The number of rotatable bonds is 1. The Bertz CT molecular complexity index is 8.85. The van der Waals surface area contributed by atoms with Gasteiger partial charge in [0.15, 0.2) is 0 Å². The zero-order valence-corrected chi connectivity index (χ0v) is 3.57. The molecule has 5 heavy (non-hydrogen) atoms. The summed E-state index contributed by atoms with van der Waals surface area (Å²) in [5.41, 5.74) is 0. The zero-order valence-electron chi connectivity index (χ0n) is 3.57. The number of aliphatic hydroxyl groups excluding tert-OH is 1. The molecule has 0 saturated carbocycles. The maximum absolute atomic E-state index is 7.88. The fourth-order valence-electron chi connectivity index (χ4n) is 0. The first kappa shape index (κ1) is 8.85. The molecule has 0 saturated heterocycles. The minimum absolute atomic E-state index is 0. The second-order valence-electron chi connectivity index (χ2n) is 0.724. The molecule has 28 valence electrons. The molecule has 0 radical (unpaired) electrons. The Morgan fingerprint density at radius 1 is 1.60 bits per heavy atom. The molecule has 0 aromatic heterocycles. The van der Waals surface area contributed by atoms with Crippen molar-refractivity contribution in [2.45, 2.75) is 13.3 Å². The van der Waals surface area contributed by atoms with Crippen LogP contribution in [0.4, 0.5) is 0 Å². The third-order valence-corrected chi connectivity index (χ3v) is 0.224. The van der Waals surface area contributed by atoms with Gasteiger partial charge in [0.1, 0.15) is 0 Å². The molecule has 0 unspecified atom stereocenters. The van der Waals surface area contributed by atoms with Crippen LogP contribution in [0.3, 0.4) is 0 Å². The predicted molar refractivity (Wildman–Crippen MR) is 17.4 cm³/mol. The van der Waals surface area contributed by atoms with Gasteiger partial charge >= 0.3 is 0 Å². The van der Waals surface area contributed by atoms with Crippen molar-refractivity contribution in [1.29, 1.82) is 0 Å². The van der Waals surface area contributed by atoms with E-state index in [1.54, 1.807) is 0 Å². The number of hydrogen-bond donors (Lipinski definition) is 1. The van der Waals surface area contributed by atoms with Crippen LogP contribution in [0.15, 0.2) is 0 Å². The van der Waals surface area contributed by atoms with E-state index < -0.39 is 0 Å². The van der Waals surface area contributed by atoms with Crippen LogP contribution in [0, 0.1) is 6.15 Å². The summed E-state index contributed by atoms with van der Waals surface area (Å²) < 4.78 is 0. The molecule has 0 aliphatic rings. The molecule has 0 fully saturated rings. The molecule has 0 heterocycles. The fraction of sp³-hybridized carbons (Fsp3) is 1.00. The van der Waals surface area contributed by atoms with E-state index in [0.29, 0.717) is 6.61 Å². The Labute approximate surface area is 32.4 Å². The van der Waals surface area contributed by atoms with Gasteiger partial charge in [-0.3, -0.25) is 0 Å². The average molecular weight is 64.1 g/mol. The average Bonchev–Trinajstić information content (AvgIpc) is 1.37. The summed E-state index contributed by atoms with van der Waals surface area (Å²) in [4.78, 5) is 0. The topological polar surface area (TPSA) is 20.2 Å². The summed E-state index contributed by atoms with van der Waals surface area (Å²) in [6, 6.07) is 0. The molecule has 0 atom stereocenters. The first-order valence-corrected chi connectivity index (χ1v) is 1.52. The van der Waals surface area contributed by atoms with Crippen molar-refractivity contribution in [3.05, 3.63) is 0 Å². The molecule has 1 nitrogen and oxygen atoms in total. The van der Waals surface area contributed by atoms with Crippen molar-refractivity contribution in [3.8, 4) is 0 Å². The van der Waals surface area contributed by atoms with Crippen LogP contribution in [0.2, 0.25) is 0 Å². The molecule has 0 aromatic rings. The van der Waals surface area contributed by atoms with E-state index in [4.69, 9.17) is 5.11 Å². The van der Waals surface area contributed by atoms with E-state index in [1.165, 1.54) is 0 Å². The monoisotopic (exact) mass is 64.1 g/mol. The van der Waals surface area contributed by atoms with Crippen LogP contribution in [0.25, 0.3) is 0 Å². The van der Waals surface area contributed by atoms with Gasteiger partial charge < -0.3 is 5.11 Å². The van der Waals surface area contributed by atoms with Gasteiger partial charge in [0.05, 0.1) is 0 Å².